The van der Waals surface area contributed by atoms with E-state index in [4.69, 9.17) is 0 Å². The number of nitrogens with one attached hydrogen (secondary N) is 2. The zero-order valence-electron chi connectivity index (χ0n) is 17.9. The molecular formula is C24H30N2O3. The predicted octanol–water partition coefficient (Wildman–Crippen LogP) is 4.97. The van der Waals surface area contributed by atoms with E-state index in [2.05, 4.69) is 31.4 Å². The molecule has 4 N–H and O–H groups in total. The number of aromatic hydroxyl groups is 1. The summed E-state index contributed by atoms with van der Waals surface area (Å²) < 4.78 is 0. The monoisotopic (exact) mass is 394 g/mol. The van der Waals surface area contributed by atoms with E-state index in [0.29, 0.717) is 11.3 Å². The molecule has 0 fully saturated rings. The van der Waals surface area contributed by atoms with Gasteiger partial charge in [0, 0.05) is 29.2 Å². The fourth-order valence-electron chi connectivity index (χ4n) is 3.57. The molecule has 0 bridgehead atoms. The Hall–Kier alpha value is -2.79. The number of aliphatic hydroxyl groups is 1. The quantitative estimate of drug-likeness (QED) is 0.580. The van der Waals surface area contributed by atoms with Crippen molar-refractivity contribution in [3.63, 3.8) is 0 Å². The van der Waals surface area contributed by atoms with Crippen molar-refractivity contribution in [2.24, 2.45) is 0 Å². The Kier molecular flexibility index (Phi) is 5.22. The summed E-state index contributed by atoms with van der Waals surface area (Å²) in [5, 5.41) is 27.2. The summed E-state index contributed by atoms with van der Waals surface area (Å²) in [6.45, 7) is 12.3. The lowest BCUT2D eigenvalue weighted by Gasteiger charge is -2.29. The molecule has 1 aliphatic heterocycles. The average molecular weight is 395 g/mol. The van der Waals surface area contributed by atoms with Crippen LogP contribution in [0.5, 0.6) is 5.75 Å². The second-order valence-corrected chi connectivity index (χ2v) is 9.60. The Labute approximate surface area is 172 Å². The highest BCUT2D eigenvalue weighted by Gasteiger charge is 2.29. The summed E-state index contributed by atoms with van der Waals surface area (Å²) in [6, 6.07) is 10.9. The summed E-state index contributed by atoms with van der Waals surface area (Å²) >= 11 is 0. The van der Waals surface area contributed by atoms with Gasteiger partial charge in [-0.25, -0.2) is 0 Å². The van der Waals surface area contributed by atoms with Gasteiger partial charge in [-0.3, -0.25) is 4.79 Å². The smallest absolute Gasteiger partial charge is 0.256 e. The Morgan fingerprint density at radius 2 is 1.62 bits per heavy atom. The van der Waals surface area contributed by atoms with Crippen molar-refractivity contribution in [3.05, 3.63) is 64.9 Å². The summed E-state index contributed by atoms with van der Waals surface area (Å²) in [4.78, 5) is 13.0. The second kappa shape index (κ2) is 7.23. The van der Waals surface area contributed by atoms with Gasteiger partial charge in [-0.2, -0.15) is 0 Å². The molecule has 0 saturated carbocycles. The molecule has 2 aromatic carbocycles. The molecule has 154 valence electrons. The number of phenols is 1. The van der Waals surface area contributed by atoms with E-state index in [1.807, 2.05) is 45.0 Å². The van der Waals surface area contributed by atoms with Gasteiger partial charge in [0.05, 0.1) is 5.57 Å². The van der Waals surface area contributed by atoms with Crippen LogP contribution < -0.4 is 10.6 Å². The molecule has 1 heterocycles. The molecule has 0 spiro atoms. The van der Waals surface area contributed by atoms with Crippen LogP contribution in [0.25, 0.3) is 0 Å². The van der Waals surface area contributed by atoms with Gasteiger partial charge in [0.2, 0.25) is 0 Å². The maximum atomic E-state index is 13.0. The fraction of sp³-hybridized carbons (Fsp3) is 0.375. The highest BCUT2D eigenvalue weighted by Crippen LogP contribution is 2.40. The molecule has 1 atom stereocenters. The minimum atomic E-state index is -1.02. The maximum Gasteiger partial charge on any atom is 0.256 e. The molecule has 0 aromatic heterocycles. The van der Waals surface area contributed by atoms with E-state index in [1.54, 1.807) is 12.1 Å². The molecule has 0 aliphatic carbocycles. The molecule has 2 aromatic rings. The third-order valence-electron chi connectivity index (χ3n) is 5.20. The molecule has 1 amide bonds. The number of benzene rings is 2. The van der Waals surface area contributed by atoms with Gasteiger partial charge in [-0.1, -0.05) is 59.7 Å². The lowest BCUT2D eigenvalue weighted by molar-refractivity contribution is -0.113. The van der Waals surface area contributed by atoms with Gasteiger partial charge in [-0.15, -0.1) is 0 Å². The maximum absolute atomic E-state index is 13.0. The van der Waals surface area contributed by atoms with Crippen molar-refractivity contribution in [1.29, 1.82) is 0 Å². The minimum Gasteiger partial charge on any atom is -0.508 e. The Morgan fingerprint density at radius 3 is 2.24 bits per heavy atom. The van der Waals surface area contributed by atoms with Crippen LogP contribution in [0.15, 0.2) is 48.2 Å². The zero-order valence-corrected chi connectivity index (χ0v) is 17.9. The first kappa shape index (κ1) is 20.9. The average Bonchev–Trinajstić information content (AvgIpc) is 2.60. The number of carbonyl (C=O) groups is 1. The lowest BCUT2D eigenvalue weighted by atomic mass is 9.79. The molecule has 29 heavy (non-hydrogen) atoms. The Balaban J connectivity index is 1.97. The summed E-state index contributed by atoms with van der Waals surface area (Å²) in [5.41, 5.74) is 3.47. The molecular weight excluding hydrogens is 364 g/mol. The van der Waals surface area contributed by atoms with Crippen molar-refractivity contribution >= 4 is 17.3 Å². The number of fused-ring (bicyclic) bond motifs is 1. The molecule has 0 radical (unpaired) electrons. The number of anilines is 2. The summed E-state index contributed by atoms with van der Waals surface area (Å²) in [6.07, 6.45) is 0.510. The van der Waals surface area contributed by atoms with Crippen LogP contribution in [0.1, 0.15) is 64.3 Å². The highest BCUT2D eigenvalue weighted by atomic mass is 16.3. The van der Waals surface area contributed by atoms with E-state index in [-0.39, 0.29) is 22.2 Å². The standard InChI is InChI=1S/C24H30N2O3/c1-23(2,3)16-11-17(24(4,5)6)20(27)12-19(16)26-22(29)15-13-25-18-10-8-7-9-14(18)21(15)28/h7-13,21,25,27-28H,1-6H3,(H,26,29). The van der Waals surface area contributed by atoms with E-state index in [0.717, 1.165) is 16.8 Å². The molecule has 5 nitrogen and oxygen atoms in total. The van der Waals surface area contributed by atoms with Gasteiger partial charge in [0.25, 0.3) is 5.91 Å². The van der Waals surface area contributed by atoms with Crippen LogP contribution in [-0.2, 0) is 15.6 Å². The molecule has 1 unspecified atom stereocenters. The van der Waals surface area contributed by atoms with Crippen molar-refractivity contribution in [3.8, 4) is 5.75 Å². The third kappa shape index (κ3) is 4.15. The van der Waals surface area contributed by atoms with E-state index in [9.17, 15) is 15.0 Å². The fourth-order valence-corrected chi connectivity index (χ4v) is 3.57. The summed E-state index contributed by atoms with van der Waals surface area (Å²) in [7, 11) is 0. The van der Waals surface area contributed by atoms with Crippen LogP contribution in [0, 0.1) is 0 Å². The number of hydrogen-bond donors (Lipinski definition) is 4. The SMILES string of the molecule is CC(C)(C)c1cc(C(C)(C)C)c(NC(=O)C2=CNc3ccccc3C2O)cc1O. The molecule has 1 aliphatic rings. The minimum absolute atomic E-state index is 0.141. The van der Waals surface area contributed by atoms with Crippen molar-refractivity contribution in [2.75, 3.05) is 10.6 Å². The van der Waals surface area contributed by atoms with Gasteiger partial charge < -0.3 is 20.8 Å². The number of rotatable bonds is 2. The Bertz CT molecular complexity index is 979. The van der Waals surface area contributed by atoms with Crippen LogP contribution in [0.3, 0.4) is 0 Å². The van der Waals surface area contributed by atoms with Gasteiger partial charge in [0.15, 0.2) is 0 Å². The number of hydrogen-bond acceptors (Lipinski definition) is 4. The first-order valence-electron chi connectivity index (χ1n) is 9.82. The summed E-state index contributed by atoms with van der Waals surface area (Å²) in [5.74, 6) is -0.268. The molecule has 5 heteroatoms. The van der Waals surface area contributed by atoms with Crippen LogP contribution in [0.2, 0.25) is 0 Å². The number of phenolic OH excluding ortho intramolecular Hbond substituents is 1. The molecule has 3 rings (SSSR count). The number of amides is 1. The van der Waals surface area contributed by atoms with Gasteiger partial charge in [-0.05, 0) is 34.1 Å². The first-order valence-corrected chi connectivity index (χ1v) is 9.82. The number of carbonyl (C=O) groups excluding carboxylic acids is 1. The van der Waals surface area contributed by atoms with Crippen LogP contribution in [-0.4, -0.2) is 16.1 Å². The highest BCUT2D eigenvalue weighted by molar-refractivity contribution is 6.06. The normalized spacial score (nSPS) is 16.5. The lowest BCUT2D eigenvalue weighted by Crippen LogP contribution is -2.26. The number of aliphatic hydroxyl groups excluding tert-OH is 1. The first-order chi connectivity index (χ1) is 13.4. The third-order valence-corrected chi connectivity index (χ3v) is 5.20. The number of para-hydroxylation sites is 1. The van der Waals surface area contributed by atoms with Crippen molar-refractivity contribution in [1.82, 2.24) is 0 Å². The van der Waals surface area contributed by atoms with E-state index >= 15 is 0 Å². The van der Waals surface area contributed by atoms with E-state index < -0.39 is 12.0 Å². The topological polar surface area (TPSA) is 81.6 Å². The predicted molar refractivity (Wildman–Crippen MR) is 117 cm³/mol. The van der Waals surface area contributed by atoms with Crippen LogP contribution in [0.4, 0.5) is 11.4 Å². The second-order valence-electron chi connectivity index (χ2n) is 9.60. The molecule has 0 saturated heterocycles. The Morgan fingerprint density at radius 1 is 1.00 bits per heavy atom. The van der Waals surface area contributed by atoms with Crippen molar-refractivity contribution < 1.29 is 15.0 Å². The van der Waals surface area contributed by atoms with Gasteiger partial charge in [0.1, 0.15) is 11.9 Å². The zero-order chi connectivity index (χ0) is 21.6. The van der Waals surface area contributed by atoms with Crippen LogP contribution >= 0.6 is 0 Å². The van der Waals surface area contributed by atoms with Crippen molar-refractivity contribution in [2.45, 2.75) is 58.5 Å². The largest absolute Gasteiger partial charge is 0.508 e. The van der Waals surface area contributed by atoms with E-state index in [1.165, 1.54) is 6.20 Å². The van der Waals surface area contributed by atoms with Gasteiger partial charge >= 0.3 is 0 Å².